The minimum Gasteiger partial charge on any atom is -0.338 e. The first-order valence-corrected chi connectivity index (χ1v) is 6.43. The number of pyridine rings is 1. The topological polar surface area (TPSA) is 33.2 Å². The molecule has 1 aliphatic rings. The van der Waals surface area contributed by atoms with Crippen LogP contribution in [0, 0.1) is 5.92 Å². The Balaban J connectivity index is 2.12. The highest BCUT2D eigenvalue weighted by molar-refractivity contribution is 6.32. The molecule has 1 atom stereocenters. The molecule has 0 bridgehead atoms. The number of hydrogen-bond donors (Lipinski definition) is 0. The predicted molar refractivity (Wildman–Crippen MR) is 68.1 cm³/mol. The van der Waals surface area contributed by atoms with Crippen LogP contribution in [0.15, 0.2) is 12.1 Å². The largest absolute Gasteiger partial charge is 0.338 e. The van der Waals surface area contributed by atoms with Crippen molar-refractivity contribution in [3.8, 4) is 0 Å². The molecule has 2 heterocycles. The minimum absolute atomic E-state index is 0.114. The highest BCUT2D eigenvalue weighted by Crippen LogP contribution is 2.23. The van der Waals surface area contributed by atoms with Gasteiger partial charge in [0.2, 0.25) is 5.91 Å². The molecule has 0 aromatic carbocycles. The fourth-order valence-electron chi connectivity index (χ4n) is 2.06. The summed E-state index contributed by atoms with van der Waals surface area (Å²) in [6, 6.07) is 3.52. The van der Waals surface area contributed by atoms with Crippen LogP contribution in [0.25, 0.3) is 0 Å². The van der Waals surface area contributed by atoms with Crippen molar-refractivity contribution < 1.29 is 4.79 Å². The molecule has 5 heteroatoms. The van der Waals surface area contributed by atoms with E-state index in [4.69, 9.17) is 23.2 Å². The number of carbonyl (C=O) groups excluding carboxylic acids is 1. The molecule has 1 aromatic heterocycles. The lowest BCUT2D eigenvalue weighted by molar-refractivity contribution is -0.138. The van der Waals surface area contributed by atoms with Gasteiger partial charge in [0.1, 0.15) is 10.3 Å². The second-order valence-electron chi connectivity index (χ2n) is 4.39. The fraction of sp³-hybridized carbons (Fsp3) is 0.500. The third-order valence-electron chi connectivity index (χ3n) is 3.05. The molecular formula is C12H14Cl2N2O. The summed E-state index contributed by atoms with van der Waals surface area (Å²) < 4.78 is 0. The molecule has 1 saturated heterocycles. The van der Waals surface area contributed by atoms with Crippen molar-refractivity contribution in [2.75, 3.05) is 6.54 Å². The zero-order valence-electron chi connectivity index (χ0n) is 9.62. The van der Waals surface area contributed by atoms with Crippen LogP contribution in [-0.2, 0) is 11.3 Å². The Morgan fingerprint density at radius 3 is 2.94 bits per heavy atom. The Kier molecular flexibility index (Phi) is 3.89. The molecule has 1 fully saturated rings. The molecule has 0 N–H and O–H groups in total. The van der Waals surface area contributed by atoms with Crippen LogP contribution in [0.4, 0.5) is 0 Å². The van der Waals surface area contributed by atoms with E-state index in [9.17, 15) is 4.79 Å². The lowest BCUT2D eigenvalue weighted by Crippen LogP contribution is -2.39. The third kappa shape index (κ3) is 2.90. The van der Waals surface area contributed by atoms with Crippen molar-refractivity contribution >= 4 is 29.1 Å². The van der Waals surface area contributed by atoms with Gasteiger partial charge in [-0.2, -0.15) is 0 Å². The summed E-state index contributed by atoms with van der Waals surface area (Å²) in [7, 11) is 0. The Morgan fingerprint density at radius 2 is 2.24 bits per heavy atom. The van der Waals surface area contributed by atoms with E-state index in [1.807, 2.05) is 17.9 Å². The van der Waals surface area contributed by atoms with Gasteiger partial charge < -0.3 is 4.90 Å². The number of piperidine rings is 1. The summed E-state index contributed by atoms with van der Waals surface area (Å²) in [5, 5.41) is 0.751. The van der Waals surface area contributed by atoms with E-state index in [0.29, 0.717) is 16.9 Å². The molecule has 0 radical (unpaired) electrons. The lowest BCUT2D eigenvalue weighted by Gasteiger charge is -2.30. The summed E-state index contributed by atoms with van der Waals surface area (Å²) in [6.45, 7) is 3.28. The van der Waals surface area contributed by atoms with Gasteiger partial charge in [-0.3, -0.25) is 4.79 Å². The van der Waals surface area contributed by atoms with Crippen molar-refractivity contribution in [3.05, 3.63) is 28.0 Å². The molecule has 1 aliphatic heterocycles. The molecule has 0 aliphatic carbocycles. The molecule has 0 saturated carbocycles. The van der Waals surface area contributed by atoms with Crippen molar-refractivity contribution in [2.24, 2.45) is 5.92 Å². The van der Waals surface area contributed by atoms with Crippen LogP contribution >= 0.6 is 23.2 Å². The van der Waals surface area contributed by atoms with Crippen LogP contribution in [0.3, 0.4) is 0 Å². The van der Waals surface area contributed by atoms with E-state index in [1.165, 1.54) is 0 Å². The van der Waals surface area contributed by atoms with Gasteiger partial charge in [-0.25, -0.2) is 4.98 Å². The standard InChI is InChI=1S/C12H14Cl2N2O/c1-8-3-2-6-16(12(8)17)7-9-4-5-10(13)15-11(9)14/h4-5,8H,2-3,6-7H2,1H3. The smallest absolute Gasteiger partial charge is 0.225 e. The van der Waals surface area contributed by atoms with Crippen LogP contribution < -0.4 is 0 Å². The first-order valence-electron chi connectivity index (χ1n) is 5.67. The zero-order chi connectivity index (χ0) is 12.4. The number of aromatic nitrogens is 1. The van der Waals surface area contributed by atoms with Gasteiger partial charge in [0.15, 0.2) is 0 Å². The maximum atomic E-state index is 11.9. The second-order valence-corrected chi connectivity index (χ2v) is 5.13. The Labute approximate surface area is 111 Å². The molecule has 0 spiro atoms. The number of hydrogen-bond acceptors (Lipinski definition) is 2. The van der Waals surface area contributed by atoms with E-state index in [1.54, 1.807) is 6.07 Å². The normalized spacial score (nSPS) is 20.8. The van der Waals surface area contributed by atoms with E-state index in [0.717, 1.165) is 24.9 Å². The summed E-state index contributed by atoms with van der Waals surface area (Å²) in [4.78, 5) is 17.8. The predicted octanol–water partition coefficient (Wildman–Crippen LogP) is 3.15. The molecular weight excluding hydrogens is 259 g/mol. The zero-order valence-corrected chi connectivity index (χ0v) is 11.1. The summed E-state index contributed by atoms with van der Waals surface area (Å²) in [5.74, 6) is 0.310. The number of amides is 1. The van der Waals surface area contributed by atoms with E-state index >= 15 is 0 Å². The van der Waals surface area contributed by atoms with Gasteiger partial charge in [-0.05, 0) is 18.9 Å². The second kappa shape index (κ2) is 5.23. The summed E-state index contributed by atoms with van der Waals surface area (Å²) >= 11 is 11.7. The van der Waals surface area contributed by atoms with Gasteiger partial charge in [0, 0.05) is 24.6 Å². The van der Waals surface area contributed by atoms with Gasteiger partial charge in [0.25, 0.3) is 0 Å². The number of rotatable bonds is 2. The lowest BCUT2D eigenvalue weighted by atomic mass is 9.99. The van der Waals surface area contributed by atoms with Crippen molar-refractivity contribution in [1.29, 1.82) is 0 Å². The molecule has 2 rings (SSSR count). The average molecular weight is 273 g/mol. The molecule has 3 nitrogen and oxygen atoms in total. The van der Waals surface area contributed by atoms with Gasteiger partial charge in [-0.1, -0.05) is 36.2 Å². The monoisotopic (exact) mass is 272 g/mol. The van der Waals surface area contributed by atoms with E-state index < -0.39 is 0 Å². The highest BCUT2D eigenvalue weighted by Gasteiger charge is 2.25. The molecule has 1 amide bonds. The van der Waals surface area contributed by atoms with Crippen LogP contribution in [0.5, 0.6) is 0 Å². The molecule has 1 unspecified atom stereocenters. The Morgan fingerprint density at radius 1 is 1.47 bits per heavy atom. The van der Waals surface area contributed by atoms with Crippen LogP contribution in [-0.4, -0.2) is 22.3 Å². The average Bonchev–Trinajstić information content (AvgIpc) is 2.28. The summed E-state index contributed by atoms with van der Waals surface area (Å²) in [5.41, 5.74) is 0.846. The SMILES string of the molecule is CC1CCCN(Cc2ccc(Cl)nc2Cl)C1=O. The van der Waals surface area contributed by atoms with Crippen LogP contribution in [0.1, 0.15) is 25.3 Å². The fourth-order valence-corrected chi connectivity index (χ4v) is 2.46. The van der Waals surface area contributed by atoms with Crippen molar-refractivity contribution in [2.45, 2.75) is 26.3 Å². The number of nitrogens with zero attached hydrogens (tertiary/aromatic N) is 2. The van der Waals surface area contributed by atoms with Gasteiger partial charge in [-0.15, -0.1) is 0 Å². The molecule has 17 heavy (non-hydrogen) atoms. The van der Waals surface area contributed by atoms with Crippen LogP contribution in [0.2, 0.25) is 10.3 Å². The number of halogens is 2. The van der Waals surface area contributed by atoms with Gasteiger partial charge in [0.05, 0.1) is 0 Å². The Hall–Kier alpha value is -0.800. The maximum absolute atomic E-state index is 11.9. The van der Waals surface area contributed by atoms with E-state index in [-0.39, 0.29) is 11.8 Å². The number of likely N-dealkylation sites (tertiary alicyclic amines) is 1. The van der Waals surface area contributed by atoms with Crippen molar-refractivity contribution in [3.63, 3.8) is 0 Å². The summed E-state index contributed by atoms with van der Waals surface area (Å²) in [6.07, 6.45) is 2.02. The minimum atomic E-state index is 0.114. The maximum Gasteiger partial charge on any atom is 0.225 e. The highest BCUT2D eigenvalue weighted by atomic mass is 35.5. The number of carbonyl (C=O) groups is 1. The van der Waals surface area contributed by atoms with E-state index in [2.05, 4.69) is 4.98 Å². The third-order valence-corrected chi connectivity index (χ3v) is 3.59. The first-order chi connectivity index (χ1) is 8.08. The quantitative estimate of drug-likeness (QED) is 0.775. The van der Waals surface area contributed by atoms with Gasteiger partial charge >= 0.3 is 0 Å². The van der Waals surface area contributed by atoms with Crippen molar-refractivity contribution in [1.82, 2.24) is 9.88 Å². The first kappa shape index (κ1) is 12.7. The molecule has 1 aromatic rings. The Bertz CT molecular complexity index is 437. The molecule has 92 valence electrons.